The molecule has 0 amide bonds. The third-order valence-electron chi connectivity index (χ3n) is 3.23. The Balaban J connectivity index is 2.23. The van der Waals surface area contributed by atoms with Gasteiger partial charge in [0.2, 0.25) is 0 Å². The van der Waals surface area contributed by atoms with Gasteiger partial charge in [0.15, 0.2) is 0 Å². The Hall–Kier alpha value is -0.670. The first-order chi connectivity index (χ1) is 7.70. The van der Waals surface area contributed by atoms with Crippen molar-refractivity contribution in [1.29, 1.82) is 0 Å². The highest BCUT2D eigenvalue weighted by Crippen LogP contribution is 2.26. The molecule has 1 aliphatic rings. The number of rotatable bonds is 2. The molecule has 0 radical (unpaired) electrons. The minimum absolute atomic E-state index is 0.0381. The molecular weight excluding hydrogens is 268 g/mol. The van der Waals surface area contributed by atoms with E-state index in [0.29, 0.717) is 12.8 Å². The molecule has 0 fully saturated rings. The number of aryl methyl sites for hydroxylation is 1. The van der Waals surface area contributed by atoms with Crippen molar-refractivity contribution in [3.05, 3.63) is 33.8 Å². The average Bonchev–Trinajstić information content (AvgIpc) is 2.39. The Labute approximate surface area is 104 Å². The topological polar surface area (TPSA) is 37.3 Å². The predicted octanol–water partition coefficient (Wildman–Crippen LogP) is 2.51. The maximum absolute atomic E-state index is 12.0. The Morgan fingerprint density at radius 2 is 2.19 bits per heavy atom. The van der Waals surface area contributed by atoms with Crippen LogP contribution >= 0.6 is 15.9 Å². The van der Waals surface area contributed by atoms with E-state index in [-0.39, 0.29) is 18.3 Å². The minimum Gasteiger partial charge on any atom is -0.396 e. The van der Waals surface area contributed by atoms with Crippen LogP contribution in [0, 0.1) is 5.92 Å². The predicted molar refractivity (Wildman–Crippen MR) is 66.4 cm³/mol. The molecule has 1 aliphatic carbocycles. The molecule has 2 rings (SSSR count). The number of ketones is 1. The summed E-state index contributed by atoms with van der Waals surface area (Å²) in [5.41, 5.74) is 2.41. The van der Waals surface area contributed by atoms with Crippen LogP contribution in [0.2, 0.25) is 0 Å². The summed E-state index contributed by atoms with van der Waals surface area (Å²) in [6, 6.07) is 6.15. The third-order valence-corrected chi connectivity index (χ3v) is 3.72. The van der Waals surface area contributed by atoms with Gasteiger partial charge in [-0.3, -0.25) is 4.79 Å². The molecule has 2 nitrogen and oxygen atoms in total. The van der Waals surface area contributed by atoms with Crippen molar-refractivity contribution in [2.24, 2.45) is 5.92 Å². The zero-order chi connectivity index (χ0) is 11.5. The van der Waals surface area contributed by atoms with Crippen LogP contribution in [0.15, 0.2) is 22.7 Å². The van der Waals surface area contributed by atoms with Gasteiger partial charge in [0.1, 0.15) is 5.78 Å². The number of Topliss-reactive ketones (excluding diaryl/α,β-unsaturated/α-hetero) is 1. The molecule has 0 saturated carbocycles. The minimum atomic E-state index is 0.0381. The number of carbonyl (C=O) groups excluding carboxylic acids is 1. The Bertz CT molecular complexity index is 401. The summed E-state index contributed by atoms with van der Waals surface area (Å²) >= 11 is 3.43. The maximum atomic E-state index is 12.0. The fourth-order valence-electron chi connectivity index (χ4n) is 2.29. The molecule has 0 aromatic heterocycles. The highest BCUT2D eigenvalue weighted by atomic mass is 79.9. The SMILES string of the molecule is O=C1Cc2cc(Br)ccc2CCC1CCO. The van der Waals surface area contributed by atoms with Gasteiger partial charge < -0.3 is 5.11 Å². The van der Waals surface area contributed by atoms with E-state index in [4.69, 9.17) is 5.11 Å². The Kier molecular flexibility index (Phi) is 3.77. The van der Waals surface area contributed by atoms with Gasteiger partial charge in [-0.25, -0.2) is 0 Å². The molecular formula is C13H15BrO2. The lowest BCUT2D eigenvalue weighted by molar-refractivity contribution is -0.122. The number of hydrogen-bond acceptors (Lipinski definition) is 2. The van der Waals surface area contributed by atoms with Gasteiger partial charge in [0, 0.05) is 23.4 Å². The summed E-state index contributed by atoms with van der Waals surface area (Å²) in [6.07, 6.45) is 2.93. The number of halogens is 1. The molecule has 1 aromatic rings. The van der Waals surface area contributed by atoms with Gasteiger partial charge in [-0.1, -0.05) is 22.0 Å². The van der Waals surface area contributed by atoms with Gasteiger partial charge in [-0.05, 0) is 42.5 Å². The normalized spacial score (nSPS) is 20.4. The van der Waals surface area contributed by atoms with E-state index >= 15 is 0 Å². The molecule has 0 spiro atoms. The second kappa shape index (κ2) is 5.11. The lowest BCUT2D eigenvalue weighted by Crippen LogP contribution is -2.16. The van der Waals surface area contributed by atoms with Crippen LogP contribution in [-0.4, -0.2) is 17.5 Å². The molecule has 16 heavy (non-hydrogen) atoms. The van der Waals surface area contributed by atoms with Crippen LogP contribution in [0.25, 0.3) is 0 Å². The van der Waals surface area contributed by atoms with E-state index in [9.17, 15) is 4.79 Å². The molecule has 1 N–H and O–H groups in total. The molecule has 3 heteroatoms. The smallest absolute Gasteiger partial charge is 0.140 e. The van der Waals surface area contributed by atoms with Gasteiger partial charge in [0.25, 0.3) is 0 Å². The zero-order valence-corrected chi connectivity index (χ0v) is 10.7. The van der Waals surface area contributed by atoms with E-state index in [2.05, 4.69) is 22.0 Å². The Morgan fingerprint density at radius 3 is 2.94 bits per heavy atom. The third kappa shape index (κ3) is 2.53. The molecule has 1 aromatic carbocycles. The van der Waals surface area contributed by atoms with E-state index in [0.717, 1.165) is 22.9 Å². The zero-order valence-electron chi connectivity index (χ0n) is 9.08. The Morgan fingerprint density at radius 1 is 1.38 bits per heavy atom. The summed E-state index contributed by atoms with van der Waals surface area (Å²) in [7, 11) is 0. The lowest BCUT2D eigenvalue weighted by Gasteiger charge is -2.09. The number of fused-ring (bicyclic) bond motifs is 1. The van der Waals surface area contributed by atoms with Crippen molar-refractivity contribution in [1.82, 2.24) is 0 Å². The summed E-state index contributed by atoms with van der Waals surface area (Å²) in [5.74, 6) is 0.307. The highest BCUT2D eigenvalue weighted by molar-refractivity contribution is 9.10. The van der Waals surface area contributed by atoms with Crippen LogP contribution in [0.4, 0.5) is 0 Å². The quantitative estimate of drug-likeness (QED) is 0.847. The van der Waals surface area contributed by atoms with Crippen molar-refractivity contribution in [2.75, 3.05) is 6.61 Å². The van der Waals surface area contributed by atoms with Gasteiger partial charge in [-0.2, -0.15) is 0 Å². The van der Waals surface area contributed by atoms with Gasteiger partial charge in [0.05, 0.1) is 0 Å². The van der Waals surface area contributed by atoms with Crippen LogP contribution < -0.4 is 0 Å². The second-order valence-corrected chi connectivity index (χ2v) is 5.22. The standard InChI is InChI=1S/C13H15BrO2/c14-12-4-3-9-1-2-10(5-6-15)13(16)8-11(9)7-12/h3-4,7,10,15H,1-2,5-6,8H2. The summed E-state index contributed by atoms with van der Waals surface area (Å²) in [6.45, 7) is 0.108. The van der Waals surface area contributed by atoms with Crippen molar-refractivity contribution < 1.29 is 9.90 Å². The largest absolute Gasteiger partial charge is 0.396 e. The first-order valence-corrected chi connectivity index (χ1v) is 6.41. The lowest BCUT2D eigenvalue weighted by atomic mass is 9.95. The van der Waals surface area contributed by atoms with Crippen LogP contribution in [0.1, 0.15) is 24.0 Å². The maximum Gasteiger partial charge on any atom is 0.140 e. The monoisotopic (exact) mass is 282 g/mol. The molecule has 0 bridgehead atoms. The average molecular weight is 283 g/mol. The molecule has 86 valence electrons. The first kappa shape index (κ1) is 11.8. The number of aliphatic hydroxyl groups excluding tert-OH is 1. The molecule has 0 saturated heterocycles. The van der Waals surface area contributed by atoms with Crippen LogP contribution in [-0.2, 0) is 17.6 Å². The van der Waals surface area contributed by atoms with E-state index < -0.39 is 0 Å². The molecule has 1 atom stereocenters. The van der Waals surface area contributed by atoms with Crippen molar-refractivity contribution in [2.45, 2.75) is 25.7 Å². The van der Waals surface area contributed by atoms with E-state index in [1.807, 2.05) is 12.1 Å². The van der Waals surface area contributed by atoms with Crippen LogP contribution in [0.5, 0.6) is 0 Å². The number of aliphatic hydroxyl groups is 1. The fraction of sp³-hybridized carbons (Fsp3) is 0.462. The summed E-state index contributed by atoms with van der Waals surface area (Å²) in [4.78, 5) is 12.0. The van der Waals surface area contributed by atoms with Crippen molar-refractivity contribution in [3.63, 3.8) is 0 Å². The van der Waals surface area contributed by atoms with E-state index in [1.165, 1.54) is 5.56 Å². The highest BCUT2D eigenvalue weighted by Gasteiger charge is 2.23. The van der Waals surface area contributed by atoms with Crippen LogP contribution in [0.3, 0.4) is 0 Å². The van der Waals surface area contributed by atoms with E-state index in [1.54, 1.807) is 0 Å². The molecule has 0 aliphatic heterocycles. The summed E-state index contributed by atoms with van der Waals surface area (Å²) < 4.78 is 1.03. The number of hydrogen-bond donors (Lipinski definition) is 1. The number of carbonyl (C=O) groups is 1. The summed E-state index contributed by atoms with van der Waals surface area (Å²) in [5, 5.41) is 8.93. The van der Waals surface area contributed by atoms with Crippen molar-refractivity contribution in [3.8, 4) is 0 Å². The van der Waals surface area contributed by atoms with Crippen molar-refractivity contribution >= 4 is 21.7 Å². The number of benzene rings is 1. The first-order valence-electron chi connectivity index (χ1n) is 5.61. The molecule has 1 unspecified atom stereocenters. The van der Waals surface area contributed by atoms with Gasteiger partial charge in [-0.15, -0.1) is 0 Å². The fourth-order valence-corrected chi connectivity index (χ4v) is 2.70. The van der Waals surface area contributed by atoms with Gasteiger partial charge >= 0.3 is 0 Å². The molecule has 0 heterocycles. The second-order valence-electron chi connectivity index (χ2n) is 4.30.